The Morgan fingerprint density at radius 3 is 1.83 bits per heavy atom. The topological polar surface area (TPSA) is 83.5 Å². The number of hydrogen-bond donors (Lipinski definition) is 2. The molecule has 0 saturated carbocycles. The molecule has 5 nitrogen and oxygen atoms in total. The number of hydrogen-bond acceptors (Lipinski definition) is 4. The van der Waals surface area contributed by atoms with E-state index in [-0.39, 0.29) is 33.7 Å². The van der Waals surface area contributed by atoms with Gasteiger partial charge in [0.1, 0.15) is 5.75 Å². The molecule has 0 heterocycles. The van der Waals surface area contributed by atoms with Crippen LogP contribution in [0.15, 0.2) is 53.4 Å². The van der Waals surface area contributed by atoms with Gasteiger partial charge >= 0.3 is 0 Å². The molecular formula is C29H40NO4PS. The van der Waals surface area contributed by atoms with Crippen LogP contribution in [0.1, 0.15) is 96.8 Å². The summed E-state index contributed by atoms with van der Waals surface area (Å²) in [5, 5.41) is 11.4. The SMILES string of the molecule is CC(C)c1cc(C(C)C)c(S(=O)(=O)N[P@](=O)(c2c(O)ccc3ccccc23)C(C)(C)C)c(C(C)C)c1. The van der Waals surface area contributed by atoms with Gasteiger partial charge < -0.3 is 5.11 Å². The van der Waals surface area contributed by atoms with Gasteiger partial charge in [-0.2, -0.15) is 4.49 Å². The number of phenolic OH excluding ortho intramolecular Hbond substituents is 1. The number of phenols is 1. The van der Waals surface area contributed by atoms with E-state index in [4.69, 9.17) is 0 Å². The summed E-state index contributed by atoms with van der Waals surface area (Å²) >= 11 is 0. The standard InChI is InChI=1S/C29H40NO4PS/c1-18(2)22-16-24(19(3)4)28(25(17-22)20(5)6)36(33,34)30-35(32,29(7,8)9)27-23-13-11-10-12-21(23)14-15-26(27)31/h10-20,31H,1-9H3,(H,30,32)/t35-/m0/s1. The van der Waals surface area contributed by atoms with Gasteiger partial charge in [0.2, 0.25) is 10.0 Å². The zero-order valence-corrected chi connectivity index (χ0v) is 24.6. The highest BCUT2D eigenvalue weighted by Crippen LogP contribution is 2.57. The molecule has 2 N–H and O–H groups in total. The number of nitrogens with one attached hydrogen (secondary N) is 1. The predicted octanol–water partition coefficient (Wildman–Crippen LogP) is 7.60. The average molecular weight is 530 g/mol. The van der Waals surface area contributed by atoms with Crippen LogP contribution in [0, 0.1) is 0 Å². The van der Waals surface area contributed by atoms with Crippen molar-refractivity contribution in [2.24, 2.45) is 0 Å². The van der Waals surface area contributed by atoms with E-state index >= 15 is 0 Å². The molecule has 0 saturated heterocycles. The van der Waals surface area contributed by atoms with Gasteiger partial charge in [-0.25, -0.2) is 8.42 Å². The molecule has 3 aromatic rings. The quantitative estimate of drug-likeness (QED) is 0.309. The van der Waals surface area contributed by atoms with Crippen molar-refractivity contribution in [1.29, 1.82) is 0 Å². The molecule has 0 amide bonds. The Balaban J connectivity index is 2.37. The van der Waals surface area contributed by atoms with Crippen molar-refractivity contribution < 1.29 is 18.1 Å². The van der Waals surface area contributed by atoms with E-state index in [2.05, 4.69) is 18.3 Å². The fourth-order valence-corrected chi connectivity index (χ4v) is 10.5. The van der Waals surface area contributed by atoms with E-state index < -0.39 is 22.5 Å². The normalized spacial score (nSPS) is 14.7. The smallest absolute Gasteiger partial charge is 0.247 e. The number of rotatable bonds is 7. The molecule has 0 aliphatic heterocycles. The van der Waals surface area contributed by atoms with Crippen LogP contribution in [0.5, 0.6) is 5.75 Å². The van der Waals surface area contributed by atoms with Crippen LogP contribution in [-0.2, 0) is 14.6 Å². The van der Waals surface area contributed by atoms with Gasteiger partial charge in [0, 0.05) is 5.16 Å². The van der Waals surface area contributed by atoms with Crippen molar-refractivity contribution in [3.63, 3.8) is 0 Å². The summed E-state index contributed by atoms with van der Waals surface area (Å²) in [7, 11) is -8.20. The van der Waals surface area contributed by atoms with Crippen molar-refractivity contribution in [2.45, 2.75) is 90.1 Å². The minimum atomic E-state index is -4.25. The second-order valence-corrected chi connectivity index (χ2v) is 16.7. The van der Waals surface area contributed by atoms with Crippen molar-refractivity contribution in [3.8, 4) is 5.75 Å². The van der Waals surface area contributed by atoms with Gasteiger partial charge in [0.25, 0.3) is 0 Å². The molecule has 1 atom stereocenters. The zero-order valence-electron chi connectivity index (χ0n) is 22.9. The largest absolute Gasteiger partial charge is 0.507 e. The number of aromatic hydroxyl groups is 1. The molecule has 0 aromatic heterocycles. The summed E-state index contributed by atoms with van der Waals surface area (Å²) < 4.78 is 46.2. The van der Waals surface area contributed by atoms with Gasteiger partial charge in [-0.1, -0.05) is 105 Å². The van der Waals surface area contributed by atoms with Crippen LogP contribution in [0.3, 0.4) is 0 Å². The Morgan fingerprint density at radius 2 is 1.36 bits per heavy atom. The predicted molar refractivity (Wildman–Crippen MR) is 152 cm³/mol. The maximum atomic E-state index is 14.9. The maximum absolute atomic E-state index is 14.9. The van der Waals surface area contributed by atoms with E-state index in [1.165, 1.54) is 6.07 Å². The second kappa shape index (κ2) is 9.96. The first kappa shape index (κ1) is 28.4. The minimum absolute atomic E-state index is 0.0623. The lowest BCUT2D eigenvalue weighted by atomic mass is 9.89. The molecule has 0 aliphatic rings. The first-order valence-corrected chi connectivity index (χ1v) is 15.7. The summed E-state index contributed by atoms with van der Waals surface area (Å²) in [5.74, 6) is -0.0727. The van der Waals surface area contributed by atoms with Gasteiger partial charge in [-0.05, 0) is 51.3 Å². The lowest BCUT2D eigenvalue weighted by molar-refractivity contribution is 0.478. The van der Waals surface area contributed by atoms with E-state index in [0.29, 0.717) is 16.5 Å². The van der Waals surface area contributed by atoms with Crippen LogP contribution in [0.4, 0.5) is 0 Å². The van der Waals surface area contributed by atoms with Crippen LogP contribution in [0.2, 0.25) is 0 Å². The fraction of sp³-hybridized carbons (Fsp3) is 0.448. The third kappa shape index (κ3) is 5.14. The second-order valence-electron chi connectivity index (χ2n) is 11.5. The fourth-order valence-electron chi connectivity index (χ4n) is 4.51. The third-order valence-electron chi connectivity index (χ3n) is 6.74. The summed E-state index contributed by atoms with van der Waals surface area (Å²) in [6.45, 7) is 17.3. The average Bonchev–Trinajstić information content (AvgIpc) is 2.76. The molecule has 3 rings (SSSR count). The highest BCUT2D eigenvalue weighted by atomic mass is 32.2. The third-order valence-corrected chi connectivity index (χ3v) is 12.7. The summed E-state index contributed by atoms with van der Waals surface area (Å²) in [6.07, 6.45) is 0. The molecular weight excluding hydrogens is 489 g/mol. The van der Waals surface area contributed by atoms with Crippen molar-refractivity contribution in [1.82, 2.24) is 4.49 Å². The van der Waals surface area contributed by atoms with Gasteiger partial charge in [-0.3, -0.25) is 4.57 Å². The molecule has 3 aromatic carbocycles. The zero-order chi connectivity index (χ0) is 27.2. The van der Waals surface area contributed by atoms with Crippen molar-refractivity contribution in [3.05, 3.63) is 65.2 Å². The summed E-state index contributed by atoms with van der Waals surface area (Å²) in [6, 6.07) is 14.4. The first-order valence-electron chi connectivity index (χ1n) is 12.5. The van der Waals surface area contributed by atoms with Crippen molar-refractivity contribution >= 4 is 33.4 Å². The minimum Gasteiger partial charge on any atom is -0.507 e. The van der Waals surface area contributed by atoms with E-state index in [1.54, 1.807) is 39.0 Å². The Labute approximate surface area is 216 Å². The van der Waals surface area contributed by atoms with E-state index in [1.807, 2.05) is 52.0 Å². The highest BCUT2D eigenvalue weighted by Gasteiger charge is 2.45. The Hall–Kier alpha value is -2.14. The molecule has 36 heavy (non-hydrogen) atoms. The molecule has 0 bridgehead atoms. The Morgan fingerprint density at radius 1 is 0.833 bits per heavy atom. The van der Waals surface area contributed by atoms with E-state index in [9.17, 15) is 18.1 Å². The van der Waals surface area contributed by atoms with Gasteiger partial charge in [0.15, 0.2) is 7.29 Å². The molecule has 0 aliphatic carbocycles. The van der Waals surface area contributed by atoms with Crippen LogP contribution < -0.4 is 9.80 Å². The van der Waals surface area contributed by atoms with Crippen LogP contribution in [0.25, 0.3) is 10.8 Å². The molecule has 0 spiro atoms. The summed E-state index contributed by atoms with van der Waals surface area (Å²) in [4.78, 5) is 0.195. The van der Waals surface area contributed by atoms with Gasteiger partial charge in [0.05, 0.1) is 10.2 Å². The van der Waals surface area contributed by atoms with E-state index in [0.717, 1.165) is 10.9 Å². The lowest BCUT2D eigenvalue weighted by Crippen LogP contribution is -2.37. The molecule has 7 heteroatoms. The van der Waals surface area contributed by atoms with Crippen LogP contribution in [-0.4, -0.2) is 18.7 Å². The molecule has 0 radical (unpaired) electrons. The Kier molecular flexibility index (Phi) is 7.87. The molecule has 0 unspecified atom stereocenters. The number of fused-ring (bicyclic) bond motifs is 1. The summed E-state index contributed by atoms with van der Waals surface area (Å²) in [5.41, 5.74) is 2.49. The van der Waals surface area contributed by atoms with Gasteiger partial charge in [-0.15, -0.1) is 0 Å². The monoisotopic (exact) mass is 529 g/mol. The number of benzene rings is 3. The molecule has 0 fully saturated rings. The first-order chi connectivity index (χ1) is 16.5. The maximum Gasteiger partial charge on any atom is 0.247 e. The highest BCUT2D eigenvalue weighted by molar-refractivity contribution is 7.97. The molecule has 196 valence electrons. The van der Waals surface area contributed by atoms with Crippen molar-refractivity contribution in [2.75, 3.05) is 0 Å². The Bertz CT molecular complexity index is 1400. The lowest BCUT2D eigenvalue weighted by Gasteiger charge is -2.34. The van der Waals surface area contributed by atoms with Crippen LogP contribution >= 0.6 is 7.29 Å². The number of sulfonamides is 1.